The molecule has 8 aromatic carbocycles. The Labute approximate surface area is 369 Å². The van der Waals surface area contributed by atoms with Gasteiger partial charge in [0.25, 0.3) is 6.33 Å². The lowest BCUT2D eigenvalue weighted by Gasteiger charge is -2.12. The lowest BCUT2D eigenvalue weighted by molar-refractivity contribution is -0.568. The van der Waals surface area contributed by atoms with Crippen molar-refractivity contribution in [1.29, 1.82) is 0 Å². The fourth-order valence-corrected chi connectivity index (χ4v) is 10.9. The topological polar surface area (TPSA) is 35.9 Å². The first-order valence-electron chi connectivity index (χ1n) is 21.3. The third-order valence-electron chi connectivity index (χ3n) is 12.4. The summed E-state index contributed by atoms with van der Waals surface area (Å²) in [7, 11) is 0. The van der Waals surface area contributed by atoms with E-state index in [1.807, 2.05) is 29.7 Å². The average molecular weight is 830 g/mol. The molecule has 4 heterocycles. The number of imidazole rings is 1. The van der Waals surface area contributed by atoms with Crippen molar-refractivity contribution in [2.75, 3.05) is 0 Å². The molecule has 0 saturated heterocycles. The molecule has 0 aliphatic carbocycles. The molecule has 0 unspecified atom stereocenters. The molecule has 0 N–H and O–H groups in total. The van der Waals surface area contributed by atoms with Gasteiger partial charge in [0, 0.05) is 49.3 Å². The summed E-state index contributed by atoms with van der Waals surface area (Å²) in [5, 5.41) is 4.86. The van der Waals surface area contributed by atoms with Crippen molar-refractivity contribution in [2.45, 2.75) is 20.8 Å². The Kier molecular flexibility index (Phi) is 8.63. The summed E-state index contributed by atoms with van der Waals surface area (Å²) in [4.78, 5) is 4.88. The van der Waals surface area contributed by atoms with Gasteiger partial charge in [0.05, 0.1) is 11.0 Å². The normalized spacial score (nSPS) is 11.7. The van der Waals surface area contributed by atoms with Crippen molar-refractivity contribution in [3.8, 4) is 50.9 Å². The molecule has 300 valence electrons. The van der Waals surface area contributed by atoms with Crippen LogP contribution in [-0.4, -0.2) is 14.1 Å². The molecule has 0 spiro atoms. The predicted octanol–water partition coefficient (Wildman–Crippen LogP) is 14.8. The molecular formula is C57H41N4OS+. The molecule has 4 aromatic heterocycles. The van der Waals surface area contributed by atoms with E-state index in [0.717, 1.165) is 50.5 Å². The van der Waals surface area contributed by atoms with Crippen molar-refractivity contribution in [1.82, 2.24) is 14.1 Å². The lowest BCUT2D eigenvalue weighted by atomic mass is 9.93. The minimum atomic E-state index is 0.749. The first-order chi connectivity index (χ1) is 31.0. The maximum Gasteiger partial charge on any atom is 0.255 e. The van der Waals surface area contributed by atoms with Gasteiger partial charge >= 0.3 is 0 Å². The van der Waals surface area contributed by atoms with Crippen LogP contribution in [0.5, 0.6) is 11.5 Å². The quantitative estimate of drug-likeness (QED) is 0.150. The Morgan fingerprint density at radius 3 is 2.00 bits per heavy atom. The molecular weight excluding hydrogens is 789 g/mol. The van der Waals surface area contributed by atoms with Gasteiger partial charge in [0.2, 0.25) is 0 Å². The second kappa shape index (κ2) is 14.7. The van der Waals surface area contributed by atoms with Crippen LogP contribution in [0.1, 0.15) is 16.7 Å². The standard InChI is InChI=1S/C57H41N4OS/c1-36-29-37(2)56(38(3)30-36)60-35-59(50-33-47(39-15-6-4-7-16-39)48(34-51(50)60)40-17-8-5-9-18-40)41-19-14-20-42(31-41)62-43-24-25-44-45-26-27-53-55(46-21-10-11-22-52(46)63-53)57(45)61(49(44)32-43)54-23-12-13-28-58-54/h4-35H,1-3H3/q+1. The zero-order valence-electron chi connectivity index (χ0n) is 35.1. The largest absolute Gasteiger partial charge is 0.457 e. The molecule has 6 heteroatoms. The molecule has 5 nitrogen and oxygen atoms in total. The van der Waals surface area contributed by atoms with Crippen molar-refractivity contribution >= 4 is 64.3 Å². The monoisotopic (exact) mass is 829 g/mol. The van der Waals surface area contributed by atoms with Crippen molar-refractivity contribution in [3.05, 3.63) is 211 Å². The van der Waals surface area contributed by atoms with Gasteiger partial charge < -0.3 is 4.74 Å². The fourth-order valence-electron chi connectivity index (χ4n) is 9.77. The van der Waals surface area contributed by atoms with E-state index < -0.39 is 0 Å². The van der Waals surface area contributed by atoms with Gasteiger partial charge in [-0.3, -0.25) is 4.57 Å². The van der Waals surface area contributed by atoms with E-state index in [2.05, 4.69) is 211 Å². The van der Waals surface area contributed by atoms with Crippen LogP contribution in [-0.2, 0) is 0 Å². The zero-order valence-corrected chi connectivity index (χ0v) is 35.9. The number of thiophene rings is 1. The molecule has 0 bridgehead atoms. The number of fused-ring (bicyclic) bond motifs is 8. The van der Waals surface area contributed by atoms with E-state index in [1.54, 1.807) is 0 Å². The summed E-state index contributed by atoms with van der Waals surface area (Å²) in [5.74, 6) is 2.37. The Morgan fingerprint density at radius 2 is 1.24 bits per heavy atom. The maximum absolute atomic E-state index is 6.85. The number of ether oxygens (including phenoxy) is 1. The first-order valence-corrected chi connectivity index (χ1v) is 22.2. The smallest absolute Gasteiger partial charge is 0.255 e. The highest BCUT2D eigenvalue weighted by molar-refractivity contribution is 7.26. The third kappa shape index (κ3) is 6.13. The average Bonchev–Trinajstić information content (AvgIpc) is 3.98. The van der Waals surface area contributed by atoms with Gasteiger partial charge in [0.1, 0.15) is 28.7 Å². The van der Waals surface area contributed by atoms with Gasteiger partial charge in [-0.1, -0.05) is 115 Å². The Bertz CT molecular complexity index is 3710. The molecule has 0 amide bonds. The van der Waals surface area contributed by atoms with Gasteiger partial charge in [0.15, 0.2) is 11.0 Å². The summed E-state index contributed by atoms with van der Waals surface area (Å²) in [6, 6.07) is 64.9. The second-order valence-corrected chi connectivity index (χ2v) is 17.5. The predicted molar refractivity (Wildman–Crippen MR) is 261 cm³/mol. The summed E-state index contributed by atoms with van der Waals surface area (Å²) in [5.41, 5.74) is 15.0. The molecule has 0 aliphatic rings. The SMILES string of the molecule is Cc1cc(C)c(-[n+]2cn(-c3cccc(Oc4ccc5c6ccc7sc8ccccc8c7c6n(-c6ccccn6)c5c4)c3)c3cc(-c4ccccc4)c(-c4ccccc4)cc32)c(C)c1. The fraction of sp³-hybridized carbons (Fsp3) is 0.0526. The summed E-state index contributed by atoms with van der Waals surface area (Å²) < 4.78 is 16.4. The number of aryl methyl sites for hydroxylation is 3. The number of hydrogen-bond acceptors (Lipinski definition) is 3. The van der Waals surface area contributed by atoms with Crippen LogP contribution in [0.25, 0.3) is 92.5 Å². The highest BCUT2D eigenvalue weighted by Gasteiger charge is 2.26. The van der Waals surface area contributed by atoms with Gasteiger partial charge in [-0.25, -0.2) is 4.98 Å². The summed E-state index contributed by atoms with van der Waals surface area (Å²) in [6.07, 6.45) is 4.11. The number of nitrogens with zero attached hydrogens (tertiary/aromatic N) is 4. The van der Waals surface area contributed by atoms with Crippen LogP contribution < -0.4 is 9.30 Å². The van der Waals surface area contributed by atoms with E-state index in [1.165, 1.54) is 70.2 Å². The third-order valence-corrected chi connectivity index (χ3v) is 13.5. The van der Waals surface area contributed by atoms with Gasteiger partial charge in [-0.15, -0.1) is 11.3 Å². The number of rotatable bonds is 7. The zero-order chi connectivity index (χ0) is 42.2. The Balaban J connectivity index is 1.03. The Hall–Kier alpha value is -7.80. The summed E-state index contributed by atoms with van der Waals surface area (Å²) in [6.45, 7) is 6.60. The molecule has 0 fully saturated rings. The Morgan fingerprint density at radius 1 is 0.540 bits per heavy atom. The molecule has 0 saturated carbocycles. The molecule has 0 atom stereocenters. The van der Waals surface area contributed by atoms with Crippen LogP contribution in [0.2, 0.25) is 0 Å². The number of aromatic nitrogens is 4. The van der Waals surface area contributed by atoms with Gasteiger partial charge in [-0.05, 0) is 115 Å². The minimum Gasteiger partial charge on any atom is -0.457 e. The van der Waals surface area contributed by atoms with E-state index >= 15 is 0 Å². The van der Waals surface area contributed by atoms with Crippen LogP contribution >= 0.6 is 11.3 Å². The van der Waals surface area contributed by atoms with Crippen LogP contribution in [0, 0.1) is 20.8 Å². The van der Waals surface area contributed by atoms with Crippen LogP contribution in [0.4, 0.5) is 0 Å². The number of pyridine rings is 1. The van der Waals surface area contributed by atoms with Crippen molar-refractivity contribution in [3.63, 3.8) is 0 Å². The maximum atomic E-state index is 6.85. The number of benzene rings is 8. The van der Waals surface area contributed by atoms with E-state index in [0.29, 0.717) is 0 Å². The minimum absolute atomic E-state index is 0.749. The summed E-state index contributed by atoms with van der Waals surface area (Å²) >= 11 is 1.83. The highest BCUT2D eigenvalue weighted by atomic mass is 32.1. The van der Waals surface area contributed by atoms with E-state index in [4.69, 9.17) is 9.72 Å². The molecule has 12 aromatic rings. The van der Waals surface area contributed by atoms with E-state index in [-0.39, 0.29) is 0 Å². The molecule has 12 rings (SSSR count). The van der Waals surface area contributed by atoms with E-state index in [9.17, 15) is 0 Å². The van der Waals surface area contributed by atoms with Gasteiger partial charge in [-0.2, -0.15) is 9.13 Å². The highest BCUT2D eigenvalue weighted by Crippen LogP contribution is 2.44. The molecule has 0 radical (unpaired) electrons. The van der Waals surface area contributed by atoms with Crippen LogP contribution in [0.3, 0.4) is 0 Å². The molecule has 63 heavy (non-hydrogen) atoms. The number of hydrogen-bond donors (Lipinski definition) is 0. The molecule has 0 aliphatic heterocycles. The second-order valence-electron chi connectivity index (χ2n) is 16.5. The lowest BCUT2D eigenvalue weighted by Crippen LogP contribution is -2.31. The van der Waals surface area contributed by atoms with Crippen LogP contribution in [0.15, 0.2) is 195 Å². The van der Waals surface area contributed by atoms with Crippen molar-refractivity contribution < 1.29 is 9.30 Å². The van der Waals surface area contributed by atoms with Crippen molar-refractivity contribution in [2.24, 2.45) is 0 Å². The first kappa shape index (κ1) is 37.0.